The third-order valence-electron chi connectivity index (χ3n) is 1.01. The second-order valence-corrected chi connectivity index (χ2v) is 3.27. The van der Waals surface area contributed by atoms with E-state index in [1.807, 2.05) is 6.92 Å². The monoisotopic (exact) mass is 156 g/mol. The molecule has 1 atom stereocenters. The summed E-state index contributed by atoms with van der Waals surface area (Å²) >= 11 is 0. The molecular formula is C6H8N2OS. The van der Waals surface area contributed by atoms with Crippen LogP contribution in [0, 0.1) is 6.92 Å². The Hall–Kier alpha value is -0.770. The molecule has 0 radical (unpaired) electrons. The minimum Gasteiger partial charge on any atom is -0.251 e. The van der Waals surface area contributed by atoms with Gasteiger partial charge in [-0.25, -0.2) is 9.97 Å². The van der Waals surface area contributed by atoms with Gasteiger partial charge in [-0.3, -0.25) is 4.21 Å². The fourth-order valence-electron chi connectivity index (χ4n) is 0.529. The summed E-state index contributed by atoms with van der Waals surface area (Å²) in [6.45, 7) is 1.89. The molecule has 0 aliphatic carbocycles. The molecule has 4 heteroatoms. The largest absolute Gasteiger partial charge is 0.251 e. The molecular weight excluding hydrogens is 148 g/mol. The quantitative estimate of drug-likeness (QED) is 0.557. The molecule has 0 aromatic carbocycles. The lowest BCUT2D eigenvalue weighted by atomic mass is 10.4. The number of aryl methyl sites for hydroxylation is 1. The second-order valence-electron chi connectivity index (χ2n) is 2.00. The van der Waals surface area contributed by atoms with Gasteiger partial charge in [0.05, 0.1) is 10.8 Å². The van der Waals surface area contributed by atoms with Crippen molar-refractivity contribution in [2.75, 3.05) is 6.26 Å². The van der Waals surface area contributed by atoms with Crippen LogP contribution in [0.15, 0.2) is 17.6 Å². The van der Waals surface area contributed by atoms with Gasteiger partial charge in [-0.1, -0.05) is 0 Å². The van der Waals surface area contributed by atoms with Gasteiger partial charge in [-0.15, -0.1) is 0 Å². The lowest BCUT2D eigenvalue weighted by molar-refractivity contribution is 0.679. The molecule has 0 aliphatic heterocycles. The molecule has 0 bridgehead atoms. The van der Waals surface area contributed by atoms with Crippen molar-refractivity contribution < 1.29 is 4.21 Å². The minimum atomic E-state index is -1.06. The zero-order valence-electron chi connectivity index (χ0n) is 5.87. The number of aromatic nitrogens is 2. The predicted octanol–water partition coefficient (Wildman–Crippen LogP) is 0.522. The molecule has 0 fully saturated rings. The molecule has 1 heterocycles. The van der Waals surface area contributed by atoms with E-state index in [0.29, 0.717) is 5.16 Å². The van der Waals surface area contributed by atoms with Crippen LogP contribution >= 0.6 is 0 Å². The van der Waals surface area contributed by atoms with E-state index in [1.165, 1.54) is 0 Å². The summed E-state index contributed by atoms with van der Waals surface area (Å²) in [7, 11) is -1.06. The van der Waals surface area contributed by atoms with Crippen LogP contribution in [-0.2, 0) is 10.8 Å². The van der Waals surface area contributed by atoms with Crippen LogP contribution in [0.3, 0.4) is 0 Å². The van der Waals surface area contributed by atoms with E-state index in [9.17, 15) is 4.21 Å². The van der Waals surface area contributed by atoms with Crippen molar-refractivity contribution in [3.8, 4) is 0 Å². The van der Waals surface area contributed by atoms with Crippen molar-refractivity contribution >= 4 is 10.8 Å². The molecule has 0 saturated carbocycles. The summed E-state index contributed by atoms with van der Waals surface area (Å²) in [5.74, 6) is 0. The van der Waals surface area contributed by atoms with Gasteiger partial charge in [0.25, 0.3) is 0 Å². The van der Waals surface area contributed by atoms with Crippen molar-refractivity contribution in [2.45, 2.75) is 12.1 Å². The predicted molar refractivity (Wildman–Crippen MR) is 39.1 cm³/mol. The number of hydrogen-bond acceptors (Lipinski definition) is 3. The highest BCUT2D eigenvalue weighted by atomic mass is 32.2. The molecule has 0 unspecified atom stereocenters. The van der Waals surface area contributed by atoms with Gasteiger partial charge in [-0.05, 0) is 12.5 Å². The van der Waals surface area contributed by atoms with E-state index in [0.717, 1.165) is 5.56 Å². The lowest BCUT2D eigenvalue weighted by Gasteiger charge is -1.92. The Morgan fingerprint density at radius 3 is 2.30 bits per heavy atom. The average molecular weight is 156 g/mol. The maximum absolute atomic E-state index is 10.7. The van der Waals surface area contributed by atoms with Gasteiger partial charge in [-0.2, -0.15) is 0 Å². The highest BCUT2D eigenvalue weighted by molar-refractivity contribution is 7.84. The van der Waals surface area contributed by atoms with Crippen molar-refractivity contribution in [1.29, 1.82) is 0 Å². The van der Waals surface area contributed by atoms with Crippen LogP contribution in [0.4, 0.5) is 0 Å². The van der Waals surface area contributed by atoms with Crippen LogP contribution in [0.1, 0.15) is 5.56 Å². The van der Waals surface area contributed by atoms with Crippen molar-refractivity contribution in [1.82, 2.24) is 9.97 Å². The Morgan fingerprint density at radius 2 is 1.90 bits per heavy atom. The van der Waals surface area contributed by atoms with Crippen LogP contribution in [0.25, 0.3) is 0 Å². The zero-order valence-corrected chi connectivity index (χ0v) is 6.68. The van der Waals surface area contributed by atoms with Gasteiger partial charge in [0, 0.05) is 18.6 Å². The second kappa shape index (κ2) is 2.88. The summed E-state index contributed by atoms with van der Waals surface area (Å²) in [4.78, 5) is 7.73. The van der Waals surface area contributed by atoms with Gasteiger partial charge in [0.1, 0.15) is 0 Å². The Labute approximate surface area is 62.0 Å². The molecule has 0 amide bonds. The summed E-state index contributed by atoms with van der Waals surface area (Å²) in [5.41, 5.74) is 0.981. The first-order chi connectivity index (χ1) is 4.70. The molecule has 0 spiro atoms. The van der Waals surface area contributed by atoms with Gasteiger partial charge in [0.15, 0.2) is 0 Å². The van der Waals surface area contributed by atoms with E-state index in [4.69, 9.17) is 0 Å². The van der Waals surface area contributed by atoms with Crippen molar-refractivity contribution in [3.05, 3.63) is 18.0 Å². The minimum absolute atomic E-state index is 0.394. The first-order valence-corrected chi connectivity index (χ1v) is 4.38. The summed E-state index contributed by atoms with van der Waals surface area (Å²) in [6, 6.07) is 0. The van der Waals surface area contributed by atoms with E-state index in [1.54, 1.807) is 18.6 Å². The highest BCUT2D eigenvalue weighted by Crippen LogP contribution is 1.95. The summed E-state index contributed by atoms with van der Waals surface area (Å²) < 4.78 is 10.7. The zero-order chi connectivity index (χ0) is 7.56. The van der Waals surface area contributed by atoms with Crippen LogP contribution in [0.5, 0.6) is 0 Å². The number of nitrogens with zero attached hydrogens (tertiary/aromatic N) is 2. The van der Waals surface area contributed by atoms with Gasteiger partial charge < -0.3 is 0 Å². The highest BCUT2D eigenvalue weighted by Gasteiger charge is 1.97. The average Bonchev–Trinajstić information content (AvgIpc) is 1.88. The van der Waals surface area contributed by atoms with E-state index in [-0.39, 0.29) is 0 Å². The first-order valence-electron chi connectivity index (χ1n) is 2.82. The summed E-state index contributed by atoms with van der Waals surface area (Å²) in [6.07, 6.45) is 4.87. The fourth-order valence-corrected chi connectivity index (χ4v) is 0.931. The van der Waals surface area contributed by atoms with Gasteiger partial charge in [0.2, 0.25) is 5.16 Å². The molecule has 0 N–H and O–H groups in total. The van der Waals surface area contributed by atoms with Gasteiger partial charge >= 0.3 is 0 Å². The fraction of sp³-hybridized carbons (Fsp3) is 0.333. The number of hydrogen-bond donors (Lipinski definition) is 0. The Morgan fingerprint density at radius 1 is 1.40 bits per heavy atom. The molecule has 0 saturated heterocycles. The van der Waals surface area contributed by atoms with Crippen LogP contribution in [0.2, 0.25) is 0 Å². The molecule has 3 nitrogen and oxygen atoms in total. The topological polar surface area (TPSA) is 42.9 Å². The molecule has 54 valence electrons. The lowest BCUT2D eigenvalue weighted by Crippen LogP contribution is -1.95. The molecule has 1 aromatic rings. The van der Waals surface area contributed by atoms with E-state index < -0.39 is 10.8 Å². The van der Waals surface area contributed by atoms with Crippen LogP contribution in [-0.4, -0.2) is 20.4 Å². The number of rotatable bonds is 1. The SMILES string of the molecule is Cc1cnc([S@@](C)=O)nc1. The smallest absolute Gasteiger partial charge is 0.218 e. The molecule has 1 rings (SSSR count). The molecule has 0 aliphatic rings. The van der Waals surface area contributed by atoms with Crippen molar-refractivity contribution in [3.63, 3.8) is 0 Å². The van der Waals surface area contributed by atoms with E-state index in [2.05, 4.69) is 9.97 Å². The Bertz CT molecular complexity index is 244. The first kappa shape index (κ1) is 7.34. The maximum atomic E-state index is 10.7. The Balaban J connectivity index is 3.00. The molecule has 1 aromatic heterocycles. The Kier molecular flexibility index (Phi) is 2.11. The molecule has 10 heavy (non-hydrogen) atoms. The normalized spacial score (nSPS) is 13.0. The van der Waals surface area contributed by atoms with Crippen molar-refractivity contribution in [2.24, 2.45) is 0 Å². The summed E-state index contributed by atoms with van der Waals surface area (Å²) in [5, 5.41) is 0.394. The third kappa shape index (κ3) is 1.60. The standard InChI is InChI=1S/C6H8N2OS/c1-5-3-7-6(8-4-5)10(2)9/h3-4H,1-2H3/t10-/m1/s1. The van der Waals surface area contributed by atoms with E-state index >= 15 is 0 Å². The third-order valence-corrected chi connectivity index (χ3v) is 1.74. The maximum Gasteiger partial charge on any atom is 0.218 e. The van der Waals surface area contributed by atoms with Crippen LogP contribution < -0.4 is 0 Å².